The van der Waals surface area contributed by atoms with Gasteiger partial charge in [-0.2, -0.15) is 0 Å². The van der Waals surface area contributed by atoms with Crippen molar-refractivity contribution in [3.8, 4) is 0 Å². The fourth-order valence-electron chi connectivity index (χ4n) is 2.69. The van der Waals surface area contributed by atoms with Crippen molar-refractivity contribution in [2.45, 2.75) is 31.8 Å². The molecule has 0 aliphatic carbocycles. The van der Waals surface area contributed by atoms with Crippen molar-refractivity contribution in [1.29, 1.82) is 0 Å². The minimum absolute atomic E-state index is 0.598. The highest BCUT2D eigenvalue weighted by Crippen LogP contribution is 2.10. The molecule has 3 heterocycles. The van der Waals surface area contributed by atoms with E-state index in [0.29, 0.717) is 6.04 Å². The van der Waals surface area contributed by atoms with Gasteiger partial charge in [0.15, 0.2) is 11.5 Å². The molecule has 1 aliphatic rings. The van der Waals surface area contributed by atoms with Crippen molar-refractivity contribution >= 4 is 5.65 Å². The molecule has 0 radical (unpaired) electrons. The first kappa shape index (κ1) is 12.6. The van der Waals surface area contributed by atoms with E-state index in [1.807, 2.05) is 24.4 Å². The van der Waals surface area contributed by atoms with Crippen molar-refractivity contribution in [1.82, 2.24) is 24.8 Å². The van der Waals surface area contributed by atoms with Crippen LogP contribution in [0, 0.1) is 0 Å². The second-order valence-corrected chi connectivity index (χ2v) is 5.36. The third-order valence-electron chi connectivity index (χ3n) is 3.88. The number of rotatable bonds is 3. The molecular formula is C14H21N5. The fourth-order valence-corrected chi connectivity index (χ4v) is 2.69. The van der Waals surface area contributed by atoms with Gasteiger partial charge in [-0.25, -0.2) is 0 Å². The van der Waals surface area contributed by atoms with E-state index in [4.69, 9.17) is 0 Å². The molecule has 0 amide bonds. The van der Waals surface area contributed by atoms with Crippen LogP contribution < -0.4 is 5.32 Å². The van der Waals surface area contributed by atoms with Crippen LogP contribution in [0.15, 0.2) is 24.4 Å². The van der Waals surface area contributed by atoms with E-state index < -0.39 is 0 Å². The summed E-state index contributed by atoms with van der Waals surface area (Å²) in [6.45, 7) is 3.18. The molecule has 0 spiro atoms. The summed E-state index contributed by atoms with van der Waals surface area (Å²) in [6, 6.07) is 6.58. The lowest BCUT2D eigenvalue weighted by Gasteiger charge is -2.16. The normalized spacial score (nSPS) is 21.6. The van der Waals surface area contributed by atoms with Crippen LogP contribution in [0.4, 0.5) is 0 Å². The summed E-state index contributed by atoms with van der Waals surface area (Å²) < 4.78 is 2.05. The predicted molar refractivity (Wildman–Crippen MR) is 75.0 cm³/mol. The number of likely N-dealkylation sites (tertiary alicyclic amines) is 1. The van der Waals surface area contributed by atoms with Gasteiger partial charge in [-0.3, -0.25) is 4.40 Å². The molecule has 19 heavy (non-hydrogen) atoms. The number of fused-ring (bicyclic) bond motifs is 1. The predicted octanol–water partition coefficient (Wildman–Crippen LogP) is 1.30. The van der Waals surface area contributed by atoms with E-state index in [1.165, 1.54) is 32.4 Å². The Labute approximate surface area is 113 Å². The van der Waals surface area contributed by atoms with Crippen LogP contribution in [0.2, 0.25) is 0 Å². The maximum Gasteiger partial charge on any atom is 0.160 e. The molecule has 0 aromatic carbocycles. The average Bonchev–Trinajstić information content (AvgIpc) is 2.73. The first-order valence-corrected chi connectivity index (χ1v) is 7.03. The van der Waals surface area contributed by atoms with Gasteiger partial charge in [-0.1, -0.05) is 6.07 Å². The molecule has 5 heteroatoms. The molecule has 1 unspecified atom stereocenters. The highest BCUT2D eigenvalue weighted by Gasteiger charge is 2.15. The molecule has 0 bridgehead atoms. The number of nitrogens with zero attached hydrogens (tertiary/aromatic N) is 4. The summed E-state index contributed by atoms with van der Waals surface area (Å²) in [5.74, 6) is 0.994. The number of pyridine rings is 1. The lowest BCUT2D eigenvalue weighted by atomic mass is 10.1. The average molecular weight is 259 g/mol. The van der Waals surface area contributed by atoms with Gasteiger partial charge in [0, 0.05) is 12.2 Å². The third-order valence-corrected chi connectivity index (χ3v) is 3.88. The first-order chi connectivity index (χ1) is 9.33. The van der Waals surface area contributed by atoms with Crippen LogP contribution in [-0.4, -0.2) is 45.7 Å². The van der Waals surface area contributed by atoms with Gasteiger partial charge >= 0.3 is 0 Å². The lowest BCUT2D eigenvalue weighted by Crippen LogP contribution is -2.30. The van der Waals surface area contributed by atoms with Crippen molar-refractivity contribution in [2.75, 3.05) is 20.1 Å². The zero-order chi connectivity index (χ0) is 13.1. The quantitative estimate of drug-likeness (QED) is 0.902. The van der Waals surface area contributed by atoms with Crippen molar-refractivity contribution < 1.29 is 0 Å². The standard InChI is InChI=1S/C14H21N5/c1-18-8-4-5-12(7-10-18)15-11-14-17-16-13-6-2-3-9-19(13)14/h2-3,6,9,12,15H,4-5,7-8,10-11H2,1H3. The Kier molecular flexibility index (Phi) is 3.75. The third kappa shape index (κ3) is 2.93. The molecule has 1 fully saturated rings. The summed E-state index contributed by atoms with van der Waals surface area (Å²) in [4.78, 5) is 2.41. The van der Waals surface area contributed by atoms with Crippen LogP contribution >= 0.6 is 0 Å². The number of hydrogen-bond acceptors (Lipinski definition) is 4. The minimum atomic E-state index is 0.598. The summed E-state index contributed by atoms with van der Waals surface area (Å²) in [6.07, 6.45) is 5.76. The first-order valence-electron chi connectivity index (χ1n) is 7.03. The molecule has 1 saturated heterocycles. The smallest absolute Gasteiger partial charge is 0.160 e. The van der Waals surface area contributed by atoms with Gasteiger partial charge in [-0.05, 0) is 51.5 Å². The largest absolute Gasteiger partial charge is 0.307 e. The fraction of sp³-hybridized carbons (Fsp3) is 0.571. The molecule has 5 nitrogen and oxygen atoms in total. The van der Waals surface area contributed by atoms with Crippen LogP contribution in [-0.2, 0) is 6.54 Å². The van der Waals surface area contributed by atoms with E-state index in [0.717, 1.165) is 18.0 Å². The second kappa shape index (κ2) is 5.67. The molecular weight excluding hydrogens is 238 g/mol. The molecule has 3 rings (SSSR count). The number of hydrogen-bond donors (Lipinski definition) is 1. The lowest BCUT2D eigenvalue weighted by molar-refractivity contribution is 0.343. The number of aromatic nitrogens is 3. The zero-order valence-corrected chi connectivity index (χ0v) is 11.4. The molecule has 0 saturated carbocycles. The van der Waals surface area contributed by atoms with Crippen molar-refractivity contribution in [3.63, 3.8) is 0 Å². The molecule has 1 aliphatic heterocycles. The maximum atomic E-state index is 4.26. The summed E-state index contributed by atoms with van der Waals surface area (Å²) in [7, 11) is 2.20. The Morgan fingerprint density at radius 3 is 3.16 bits per heavy atom. The zero-order valence-electron chi connectivity index (χ0n) is 11.4. The Hall–Kier alpha value is -1.46. The summed E-state index contributed by atoms with van der Waals surface area (Å²) >= 11 is 0. The topological polar surface area (TPSA) is 45.5 Å². The SMILES string of the molecule is CN1CCCC(NCc2nnc3ccccn23)CC1. The molecule has 2 aromatic heterocycles. The summed E-state index contributed by atoms with van der Waals surface area (Å²) in [5, 5.41) is 12.1. The maximum absolute atomic E-state index is 4.26. The van der Waals surface area contributed by atoms with E-state index in [1.54, 1.807) is 0 Å². The molecule has 1 N–H and O–H groups in total. The summed E-state index contributed by atoms with van der Waals surface area (Å²) in [5.41, 5.74) is 0.917. The Morgan fingerprint density at radius 1 is 1.26 bits per heavy atom. The van der Waals surface area contributed by atoms with Gasteiger partial charge in [0.1, 0.15) is 0 Å². The van der Waals surface area contributed by atoms with E-state index >= 15 is 0 Å². The van der Waals surface area contributed by atoms with Crippen LogP contribution in [0.5, 0.6) is 0 Å². The Bertz CT molecular complexity index is 535. The van der Waals surface area contributed by atoms with E-state index in [-0.39, 0.29) is 0 Å². The highest BCUT2D eigenvalue weighted by atomic mass is 15.3. The van der Waals surface area contributed by atoms with E-state index in [2.05, 4.69) is 31.9 Å². The van der Waals surface area contributed by atoms with Crippen molar-refractivity contribution in [2.24, 2.45) is 0 Å². The Balaban J connectivity index is 1.62. The molecule has 102 valence electrons. The van der Waals surface area contributed by atoms with Gasteiger partial charge in [-0.15, -0.1) is 10.2 Å². The highest BCUT2D eigenvalue weighted by molar-refractivity contribution is 5.36. The molecule has 2 aromatic rings. The Morgan fingerprint density at radius 2 is 2.21 bits per heavy atom. The van der Waals surface area contributed by atoms with Crippen LogP contribution in [0.3, 0.4) is 0 Å². The van der Waals surface area contributed by atoms with Crippen LogP contribution in [0.25, 0.3) is 5.65 Å². The monoisotopic (exact) mass is 259 g/mol. The van der Waals surface area contributed by atoms with Crippen molar-refractivity contribution in [3.05, 3.63) is 30.2 Å². The second-order valence-electron chi connectivity index (χ2n) is 5.36. The number of nitrogens with one attached hydrogen (secondary N) is 1. The van der Waals surface area contributed by atoms with Gasteiger partial charge in [0.05, 0.1) is 6.54 Å². The van der Waals surface area contributed by atoms with Crippen LogP contribution in [0.1, 0.15) is 25.1 Å². The minimum Gasteiger partial charge on any atom is -0.307 e. The van der Waals surface area contributed by atoms with E-state index in [9.17, 15) is 0 Å². The van der Waals surface area contributed by atoms with Gasteiger partial charge in [0.25, 0.3) is 0 Å². The molecule has 1 atom stereocenters. The van der Waals surface area contributed by atoms with Gasteiger partial charge in [0.2, 0.25) is 0 Å². The van der Waals surface area contributed by atoms with Gasteiger partial charge < -0.3 is 10.2 Å².